The third-order valence-corrected chi connectivity index (χ3v) is 6.96. The predicted octanol–water partition coefficient (Wildman–Crippen LogP) is 6.01. The van der Waals surface area contributed by atoms with E-state index in [0.717, 1.165) is 34.7 Å². The molecule has 0 amide bonds. The summed E-state index contributed by atoms with van der Waals surface area (Å²) in [6, 6.07) is 17.6. The third kappa shape index (κ3) is 5.26. The molecule has 35 heavy (non-hydrogen) atoms. The molecule has 1 saturated carbocycles. The second kappa shape index (κ2) is 10.4. The molecule has 0 N–H and O–H groups in total. The number of rotatable bonds is 7. The lowest BCUT2D eigenvalue weighted by molar-refractivity contribution is -0.159. The van der Waals surface area contributed by atoms with Crippen LogP contribution in [0.4, 0.5) is 0 Å². The van der Waals surface area contributed by atoms with Crippen molar-refractivity contribution >= 4 is 22.7 Å². The summed E-state index contributed by atoms with van der Waals surface area (Å²) in [4.78, 5) is 25.2. The molecule has 3 aromatic carbocycles. The van der Waals surface area contributed by atoms with Crippen LogP contribution in [-0.2, 0) is 20.9 Å². The molecule has 0 radical (unpaired) electrons. The highest BCUT2D eigenvalue weighted by molar-refractivity contribution is 5.93. The fraction of sp³-hybridized carbons (Fsp3) is 0.379. The SMILES string of the molecule is COC(=O)c1cc(OC2CCC(C)(C(=O)OCc3cccc4ccccc34)CC2)c(C)cc1OC. The van der Waals surface area contributed by atoms with E-state index in [1.807, 2.05) is 38.1 Å². The largest absolute Gasteiger partial charge is 0.496 e. The van der Waals surface area contributed by atoms with Crippen LogP contribution in [0, 0.1) is 12.3 Å². The number of hydrogen-bond donors (Lipinski definition) is 0. The quantitative estimate of drug-likeness (QED) is 0.389. The normalized spacial score (nSPS) is 19.7. The van der Waals surface area contributed by atoms with Gasteiger partial charge in [0.1, 0.15) is 23.7 Å². The fourth-order valence-corrected chi connectivity index (χ4v) is 4.69. The van der Waals surface area contributed by atoms with Gasteiger partial charge in [0, 0.05) is 0 Å². The van der Waals surface area contributed by atoms with E-state index in [-0.39, 0.29) is 18.7 Å². The standard InChI is InChI=1S/C29H32O6/c1-19-16-26(32-3)24(27(30)33-4)17-25(19)35-22-12-14-29(2,15-13-22)28(31)34-18-21-10-7-9-20-8-5-6-11-23(20)21/h5-11,16-17,22H,12-15,18H2,1-4H3. The molecular formula is C29H32O6. The number of ether oxygens (including phenoxy) is 4. The van der Waals surface area contributed by atoms with E-state index in [2.05, 4.69) is 18.2 Å². The summed E-state index contributed by atoms with van der Waals surface area (Å²) in [5.74, 6) is 0.430. The van der Waals surface area contributed by atoms with Gasteiger partial charge in [0.25, 0.3) is 0 Å². The zero-order chi connectivity index (χ0) is 25.0. The first kappa shape index (κ1) is 24.6. The molecule has 6 heteroatoms. The molecule has 0 unspecified atom stereocenters. The lowest BCUT2D eigenvalue weighted by Gasteiger charge is -2.35. The van der Waals surface area contributed by atoms with Gasteiger partial charge >= 0.3 is 11.9 Å². The van der Waals surface area contributed by atoms with Gasteiger partial charge in [-0.1, -0.05) is 42.5 Å². The first-order valence-corrected chi connectivity index (χ1v) is 11.9. The maximum atomic E-state index is 13.0. The van der Waals surface area contributed by atoms with Crippen LogP contribution >= 0.6 is 0 Å². The summed E-state index contributed by atoms with van der Waals surface area (Å²) in [7, 11) is 2.85. The van der Waals surface area contributed by atoms with Gasteiger partial charge in [-0.25, -0.2) is 4.79 Å². The van der Waals surface area contributed by atoms with E-state index in [0.29, 0.717) is 29.9 Å². The molecule has 0 spiro atoms. The van der Waals surface area contributed by atoms with Crippen LogP contribution < -0.4 is 9.47 Å². The van der Waals surface area contributed by atoms with E-state index in [4.69, 9.17) is 18.9 Å². The van der Waals surface area contributed by atoms with Gasteiger partial charge < -0.3 is 18.9 Å². The van der Waals surface area contributed by atoms with Gasteiger partial charge in [0.15, 0.2) is 0 Å². The molecule has 0 atom stereocenters. The van der Waals surface area contributed by atoms with Crippen molar-refractivity contribution in [1.29, 1.82) is 0 Å². The number of fused-ring (bicyclic) bond motifs is 1. The average Bonchev–Trinajstić information content (AvgIpc) is 2.88. The molecule has 1 aliphatic carbocycles. The first-order chi connectivity index (χ1) is 16.8. The zero-order valence-electron chi connectivity index (χ0n) is 20.8. The van der Waals surface area contributed by atoms with E-state index in [1.54, 1.807) is 12.1 Å². The number of carbonyl (C=O) groups is 2. The number of aryl methyl sites for hydroxylation is 1. The number of carbonyl (C=O) groups excluding carboxylic acids is 2. The van der Waals surface area contributed by atoms with Gasteiger partial charge in [0.05, 0.1) is 25.7 Å². The number of benzene rings is 3. The Balaban J connectivity index is 1.38. The van der Waals surface area contributed by atoms with Crippen molar-refractivity contribution in [3.05, 3.63) is 71.3 Å². The fourth-order valence-electron chi connectivity index (χ4n) is 4.69. The molecule has 0 saturated heterocycles. The van der Waals surface area contributed by atoms with Crippen molar-refractivity contribution in [1.82, 2.24) is 0 Å². The number of hydrogen-bond acceptors (Lipinski definition) is 6. The van der Waals surface area contributed by atoms with Gasteiger partial charge in [-0.05, 0) is 73.6 Å². The van der Waals surface area contributed by atoms with Gasteiger partial charge in [0.2, 0.25) is 0 Å². The summed E-state index contributed by atoms with van der Waals surface area (Å²) in [6.07, 6.45) is 2.74. The maximum absolute atomic E-state index is 13.0. The number of esters is 2. The molecular weight excluding hydrogens is 444 g/mol. The van der Waals surface area contributed by atoms with Crippen molar-refractivity contribution < 1.29 is 28.5 Å². The second-order valence-electron chi connectivity index (χ2n) is 9.40. The van der Waals surface area contributed by atoms with E-state index >= 15 is 0 Å². The summed E-state index contributed by atoms with van der Waals surface area (Å²) in [5.41, 5.74) is 1.66. The Hall–Kier alpha value is -3.54. The first-order valence-electron chi connectivity index (χ1n) is 11.9. The van der Waals surface area contributed by atoms with Crippen molar-refractivity contribution in [3.63, 3.8) is 0 Å². The Morgan fingerprint density at radius 2 is 1.69 bits per heavy atom. The summed E-state index contributed by atoms with van der Waals surface area (Å²) in [6.45, 7) is 4.15. The highest BCUT2D eigenvalue weighted by atomic mass is 16.5. The lowest BCUT2D eigenvalue weighted by atomic mass is 9.74. The highest BCUT2D eigenvalue weighted by Crippen LogP contribution is 2.40. The number of methoxy groups -OCH3 is 2. The Kier molecular flexibility index (Phi) is 7.29. The van der Waals surface area contributed by atoms with Crippen LogP contribution in [0.2, 0.25) is 0 Å². The Labute approximate surface area is 206 Å². The molecule has 6 nitrogen and oxygen atoms in total. The maximum Gasteiger partial charge on any atom is 0.341 e. The molecule has 0 aromatic heterocycles. The van der Waals surface area contributed by atoms with Crippen molar-refractivity contribution in [2.45, 2.75) is 52.2 Å². The topological polar surface area (TPSA) is 71.1 Å². The molecule has 4 rings (SSSR count). The molecule has 184 valence electrons. The average molecular weight is 477 g/mol. The van der Waals surface area contributed by atoms with Crippen molar-refractivity contribution in [2.24, 2.45) is 5.41 Å². The van der Waals surface area contributed by atoms with Crippen molar-refractivity contribution in [3.8, 4) is 11.5 Å². The summed E-state index contributed by atoms with van der Waals surface area (Å²) >= 11 is 0. The minimum Gasteiger partial charge on any atom is -0.496 e. The molecule has 1 aliphatic rings. The van der Waals surface area contributed by atoms with Crippen LogP contribution in [-0.4, -0.2) is 32.3 Å². The molecule has 1 fully saturated rings. The zero-order valence-corrected chi connectivity index (χ0v) is 20.8. The summed E-state index contributed by atoms with van der Waals surface area (Å²) < 4.78 is 22.2. The van der Waals surface area contributed by atoms with Gasteiger partial charge in [-0.2, -0.15) is 0 Å². The van der Waals surface area contributed by atoms with E-state index in [9.17, 15) is 9.59 Å². The van der Waals surface area contributed by atoms with Crippen LogP contribution in [0.3, 0.4) is 0 Å². The third-order valence-electron chi connectivity index (χ3n) is 6.96. The summed E-state index contributed by atoms with van der Waals surface area (Å²) in [5, 5.41) is 2.24. The smallest absolute Gasteiger partial charge is 0.341 e. The van der Waals surface area contributed by atoms with Crippen LogP contribution in [0.1, 0.15) is 54.1 Å². The van der Waals surface area contributed by atoms with Crippen LogP contribution in [0.15, 0.2) is 54.6 Å². The minimum absolute atomic E-state index is 0.0495. The molecule has 0 heterocycles. The highest BCUT2D eigenvalue weighted by Gasteiger charge is 2.39. The van der Waals surface area contributed by atoms with Gasteiger partial charge in [-0.15, -0.1) is 0 Å². The Morgan fingerprint density at radius 3 is 2.40 bits per heavy atom. The molecule has 3 aromatic rings. The van der Waals surface area contributed by atoms with Crippen LogP contribution in [0.25, 0.3) is 10.8 Å². The Bertz CT molecular complexity index is 1220. The monoisotopic (exact) mass is 476 g/mol. The lowest BCUT2D eigenvalue weighted by Crippen LogP contribution is -2.37. The van der Waals surface area contributed by atoms with Crippen LogP contribution in [0.5, 0.6) is 11.5 Å². The van der Waals surface area contributed by atoms with E-state index < -0.39 is 11.4 Å². The van der Waals surface area contributed by atoms with Gasteiger partial charge in [-0.3, -0.25) is 4.79 Å². The predicted molar refractivity (Wildman–Crippen MR) is 134 cm³/mol. The minimum atomic E-state index is -0.545. The van der Waals surface area contributed by atoms with Crippen molar-refractivity contribution in [2.75, 3.05) is 14.2 Å². The second-order valence-corrected chi connectivity index (χ2v) is 9.40. The Morgan fingerprint density at radius 1 is 0.971 bits per heavy atom. The molecule has 0 bridgehead atoms. The van der Waals surface area contributed by atoms with E-state index in [1.165, 1.54) is 14.2 Å². The molecule has 0 aliphatic heterocycles.